The molecule has 2 rings (SSSR count). The molecule has 18 heavy (non-hydrogen) atoms. The zero-order chi connectivity index (χ0) is 12.8. The molecule has 0 spiro atoms. The van der Waals surface area contributed by atoms with Crippen LogP contribution >= 0.6 is 11.8 Å². The average molecular weight is 258 g/mol. The second-order valence-electron chi connectivity index (χ2n) is 3.32. The first kappa shape index (κ1) is 12.3. The summed E-state index contributed by atoms with van der Waals surface area (Å²) in [6.07, 6.45) is 8.35. The van der Waals surface area contributed by atoms with Gasteiger partial charge in [-0.25, -0.2) is 15.0 Å². The number of thioether (sulfide) groups is 1. The van der Waals surface area contributed by atoms with Gasteiger partial charge in [0.25, 0.3) is 0 Å². The van der Waals surface area contributed by atoms with Gasteiger partial charge in [0, 0.05) is 31.7 Å². The molecule has 2 aromatic heterocycles. The van der Waals surface area contributed by atoms with Gasteiger partial charge < -0.3 is 0 Å². The molecule has 0 unspecified atom stereocenters. The van der Waals surface area contributed by atoms with Crippen LogP contribution in [-0.4, -0.2) is 30.4 Å². The van der Waals surface area contributed by atoms with E-state index < -0.39 is 0 Å². The summed E-state index contributed by atoms with van der Waals surface area (Å²) in [5.74, 6) is 6.82. The minimum absolute atomic E-state index is 0.0657. The molecule has 0 atom stereocenters. The fraction of sp³-hybridized carbons (Fsp3) is 0.167. The van der Waals surface area contributed by atoms with Gasteiger partial charge >= 0.3 is 0 Å². The second-order valence-corrected chi connectivity index (χ2v) is 4.48. The van der Waals surface area contributed by atoms with Gasteiger partial charge in [-0.1, -0.05) is 23.6 Å². The number of nitrogens with zero attached hydrogens (tertiary/aromatic N) is 4. The average Bonchev–Trinajstić information content (AvgIpc) is 2.89. The van der Waals surface area contributed by atoms with E-state index in [4.69, 9.17) is 0 Å². The Labute approximate surface area is 109 Å². The quantitative estimate of drug-likeness (QED) is 0.760. The van der Waals surface area contributed by atoms with Crippen molar-refractivity contribution in [2.75, 3.05) is 5.75 Å². The van der Waals surface area contributed by atoms with Crippen molar-refractivity contribution < 1.29 is 4.79 Å². The van der Waals surface area contributed by atoms with Crippen LogP contribution in [0.15, 0.2) is 31.1 Å². The van der Waals surface area contributed by atoms with E-state index in [-0.39, 0.29) is 5.12 Å². The van der Waals surface area contributed by atoms with Crippen LogP contribution in [0.4, 0.5) is 0 Å². The molecule has 0 aliphatic rings. The highest BCUT2D eigenvalue weighted by atomic mass is 32.2. The first-order valence-corrected chi connectivity index (χ1v) is 6.17. The summed E-state index contributed by atoms with van der Waals surface area (Å²) >= 11 is 1.19. The first-order chi connectivity index (χ1) is 8.75. The van der Waals surface area contributed by atoms with Gasteiger partial charge in [0.1, 0.15) is 6.33 Å². The standard InChI is InChI=1S/C12H10N4OS/c1-10(17)18-6-2-3-11-7-14-12(15-8-11)16-5-4-13-9-16/h4-5,7-9H,6H2,1H3. The van der Waals surface area contributed by atoms with Crippen molar-refractivity contribution in [1.29, 1.82) is 0 Å². The van der Waals surface area contributed by atoms with Crippen LogP contribution in [0.1, 0.15) is 12.5 Å². The molecule has 90 valence electrons. The molecule has 0 radical (unpaired) electrons. The van der Waals surface area contributed by atoms with Crippen molar-refractivity contribution >= 4 is 16.9 Å². The van der Waals surface area contributed by atoms with Crippen LogP contribution in [0.25, 0.3) is 5.95 Å². The summed E-state index contributed by atoms with van der Waals surface area (Å²) in [7, 11) is 0. The Hall–Kier alpha value is -2.13. The van der Waals surface area contributed by atoms with Crippen molar-refractivity contribution in [2.45, 2.75) is 6.92 Å². The molecule has 2 aromatic rings. The van der Waals surface area contributed by atoms with Gasteiger partial charge in [0.15, 0.2) is 5.12 Å². The van der Waals surface area contributed by atoms with Gasteiger partial charge in [-0.05, 0) is 0 Å². The van der Waals surface area contributed by atoms with Crippen molar-refractivity contribution in [3.05, 3.63) is 36.7 Å². The molecule has 0 saturated carbocycles. The lowest BCUT2D eigenvalue weighted by molar-refractivity contribution is -0.109. The van der Waals surface area contributed by atoms with E-state index in [1.54, 1.807) is 35.7 Å². The molecular weight excluding hydrogens is 248 g/mol. The van der Waals surface area contributed by atoms with E-state index in [1.807, 2.05) is 0 Å². The van der Waals surface area contributed by atoms with Gasteiger partial charge in [0.2, 0.25) is 5.95 Å². The zero-order valence-electron chi connectivity index (χ0n) is 9.70. The number of carbonyl (C=O) groups is 1. The summed E-state index contributed by atoms with van der Waals surface area (Å²) < 4.78 is 1.71. The molecule has 0 bridgehead atoms. The molecule has 0 aliphatic heterocycles. The molecular formula is C12H10N4OS. The molecule has 0 aliphatic carbocycles. The lowest BCUT2D eigenvalue weighted by Gasteiger charge is -1.98. The third-order valence-electron chi connectivity index (χ3n) is 1.95. The highest BCUT2D eigenvalue weighted by molar-refractivity contribution is 8.13. The number of hydrogen-bond donors (Lipinski definition) is 0. The third-order valence-corrected chi connectivity index (χ3v) is 2.65. The summed E-state index contributed by atoms with van der Waals surface area (Å²) in [5, 5.41) is 0.0657. The maximum Gasteiger partial charge on any atom is 0.234 e. The predicted octanol–water partition coefficient (Wildman–Crippen LogP) is 1.29. The van der Waals surface area contributed by atoms with Crippen molar-refractivity contribution in [1.82, 2.24) is 19.5 Å². The number of rotatable bonds is 2. The SMILES string of the molecule is CC(=O)SCC#Cc1cnc(-n2ccnc2)nc1. The minimum atomic E-state index is 0.0657. The van der Waals surface area contributed by atoms with Gasteiger partial charge in [-0.3, -0.25) is 9.36 Å². The highest BCUT2D eigenvalue weighted by Crippen LogP contribution is 2.01. The molecule has 6 heteroatoms. The molecule has 2 heterocycles. The Kier molecular flexibility index (Phi) is 4.10. The van der Waals surface area contributed by atoms with Crippen LogP contribution in [-0.2, 0) is 4.79 Å². The Balaban J connectivity index is 2.02. The van der Waals surface area contributed by atoms with E-state index in [0.29, 0.717) is 11.7 Å². The normalized spacial score (nSPS) is 9.61. The Bertz CT molecular complexity index is 581. The van der Waals surface area contributed by atoms with E-state index in [9.17, 15) is 4.79 Å². The summed E-state index contributed by atoms with van der Waals surface area (Å²) in [4.78, 5) is 23.0. The predicted molar refractivity (Wildman–Crippen MR) is 69.2 cm³/mol. The van der Waals surface area contributed by atoms with Gasteiger partial charge in [-0.2, -0.15) is 0 Å². The fourth-order valence-corrected chi connectivity index (χ4v) is 1.52. The second kappa shape index (κ2) is 5.98. The van der Waals surface area contributed by atoms with Gasteiger partial charge in [0.05, 0.1) is 11.3 Å². The van der Waals surface area contributed by atoms with E-state index in [1.165, 1.54) is 18.7 Å². The Morgan fingerprint density at radius 2 is 2.22 bits per heavy atom. The number of aromatic nitrogens is 4. The fourth-order valence-electron chi connectivity index (χ4n) is 1.17. The lowest BCUT2D eigenvalue weighted by Crippen LogP contribution is -1.98. The molecule has 0 fully saturated rings. The van der Waals surface area contributed by atoms with Crippen LogP contribution < -0.4 is 0 Å². The largest absolute Gasteiger partial charge is 0.288 e. The molecule has 0 amide bonds. The Morgan fingerprint density at radius 1 is 1.44 bits per heavy atom. The van der Waals surface area contributed by atoms with Gasteiger partial charge in [-0.15, -0.1) is 0 Å². The van der Waals surface area contributed by atoms with Crippen LogP contribution in [0.5, 0.6) is 0 Å². The third kappa shape index (κ3) is 3.43. The summed E-state index contributed by atoms with van der Waals surface area (Å²) in [5.41, 5.74) is 0.725. The summed E-state index contributed by atoms with van der Waals surface area (Å²) in [6.45, 7) is 1.52. The first-order valence-electron chi connectivity index (χ1n) is 5.18. The van der Waals surface area contributed by atoms with Crippen molar-refractivity contribution in [3.63, 3.8) is 0 Å². The lowest BCUT2D eigenvalue weighted by atomic mass is 10.3. The Morgan fingerprint density at radius 3 is 2.83 bits per heavy atom. The maximum absolute atomic E-state index is 10.7. The summed E-state index contributed by atoms with van der Waals surface area (Å²) in [6, 6.07) is 0. The monoisotopic (exact) mass is 258 g/mol. The highest BCUT2D eigenvalue weighted by Gasteiger charge is 1.97. The molecule has 5 nitrogen and oxygen atoms in total. The number of imidazole rings is 1. The molecule has 0 aromatic carbocycles. The van der Waals surface area contributed by atoms with Crippen LogP contribution in [0, 0.1) is 11.8 Å². The number of carbonyl (C=O) groups excluding carboxylic acids is 1. The maximum atomic E-state index is 10.7. The molecule has 0 saturated heterocycles. The zero-order valence-corrected chi connectivity index (χ0v) is 10.5. The van der Waals surface area contributed by atoms with Crippen LogP contribution in [0.3, 0.4) is 0 Å². The minimum Gasteiger partial charge on any atom is -0.288 e. The van der Waals surface area contributed by atoms with E-state index in [2.05, 4.69) is 26.8 Å². The topological polar surface area (TPSA) is 60.7 Å². The van der Waals surface area contributed by atoms with Crippen molar-refractivity contribution in [2.24, 2.45) is 0 Å². The van der Waals surface area contributed by atoms with Crippen LogP contribution in [0.2, 0.25) is 0 Å². The van der Waals surface area contributed by atoms with Crippen molar-refractivity contribution in [3.8, 4) is 17.8 Å². The van der Waals surface area contributed by atoms with E-state index >= 15 is 0 Å². The smallest absolute Gasteiger partial charge is 0.234 e. The van der Waals surface area contributed by atoms with E-state index in [0.717, 1.165) is 5.56 Å². The number of hydrogen-bond acceptors (Lipinski definition) is 5. The molecule has 0 N–H and O–H groups in total.